The molecule has 0 aliphatic heterocycles. The molecule has 0 aliphatic rings. The third-order valence-electron chi connectivity index (χ3n) is 0.952. The fraction of sp³-hybridized carbons (Fsp3) is 0.125. The quantitative estimate of drug-likeness (QED) is 0.565. The van der Waals surface area contributed by atoms with Crippen molar-refractivity contribution in [3.8, 4) is 17.9 Å². The zero-order valence-corrected chi connectivity index (χ0v) is 7.17. The summed E-state index contributed by atoms with van der Waals surface area (Å²) in [5.74, 6) is 5.53. The smallest absolute Gasteiger partial charge is 0.0966 e. The van der Waals surface area contributed by atoms with Crippen molar-refractivity contribution in [2.24, 2.45) is 0 Å². The van der Waals surface area contributed by atoms with Crippen molar-refractivity contribution in [1.82, 2.24) is 0 Å². The molecule has 0 aromatic carbocycles. The lowest BCUT2D eigenvalue weighted by Crippen LogP contribution is -1.60. The van der Waals surface area contributed by atoms with Crippen molar-refractivity contribution in [2.75, 3.05) is 0 Å². The van der Waals surface area contributed by atoms with Crippen LogP contribution in [-0.2, 0) is 0 Å². The number of rotatable bonds is 0. The zero-order valence-electron chi connectivity index (χ0n) is 5.60. The fourth-order valence-electron chi connectivity index (χ4n) is 0.552. The van der Waals surface area contributed by atoms with Crippen LogP contribution in [0.25, 0.3) is 0 Å². The first-order valence-corrected chi connectivity index (χ1v) is 4.13. The first-order valence-electron chi connectivity index (χ1n) is 2.94. The van der Waals surface area contributed by atoms with Crippen LogP contribution in [0.4, 0.5) is 0 Å². The Bertz CT molecular complexity index is 337. The maximum Gasteiger partial charge on any atom is 0.0966 e. The molecule has 0 bridgehead atoms. The first kappa shape index (κ1) is 8.14. The molecule has 1 nitrogen and oxygen atoms in total. The summed E-state index contributed by atoms with van der Waals surface area (Å²) in [5, 5.41) is 8.17. The SMILES string of the molecule is N#CCC#Cc1ccc(Cl)s1. The summed E-state index contributed by atoms with van der Waals surface area (Å²) in [6.07, 6.45) is 0.273. The summed E-state index contributed by atoms with van der Waals surface area (Å²) in [6.45, 7) is 0. The minimum absolute atomic E-state index is 0.273. The highest BCUT2D eigenvalue weighted by atomic mass is 35.5. The van der Waals surface area contributed by atoms with Crippen molar-refractivity contribution in [1.29, 1.82) is 5.26 Å². The van der Waals surface area contributed by atoms with Crippen LogP contribution >= 0.6 is 22.9 Å². The Labute approximate surface area is 74.2 Å². The molecule has 0 saturated heterocycles. The minimum atomic E-state index is 0.273. The molecule has 0 fully saturated rings. The van der Waals surface area contributed by atoms with Crippen LogP contribution in [0.15, 0.2) is 12.1 Å². The normalized spacial score (nSPS) is 8.00. The number of nitriles is 1. The van der Waals surface area contributed by atoms with E-state index in [4.69, 9.17) is 16.9 Å². The highest BCUT2D eigenvalue weighted by Crippen LogP contribution is 2.20. The molecule has 0 radical (unpaired) electrons. The van der Waals surface area contributed by atoms with E-state index in [0.29, 0.717) is 0 Å². The molecule has 1 aromatic rings. The van der Waals surface area contributed by atoms with Gasteiger partial charge in [-0.3, -0.25) is 0 Å². The highest BCUT2D eigenvalue weighted by Gasteiger charge is 1.91. The average Bonchev–Trinajstić information content (AvgIpc) is 2.37. The van der Waals surface area contributed by atoms with Crippen LogP contribution in [0.3, 0.4) is 0 Å². The Morgan fingerprint density at radius 3 is 2.91 bits per heavy atom. The molecule has 3 heteroatoms. The molecule has 1 aromatic heterocycles. The summed E-state index contributed by atoms with van der Waals surface area (Å²) in [4.78, 5) is 0.908. The van der Waals surface area contributed by atoms with E-state index in [-0.39, 0.29) is 6.42 Å². The second-order valence-electron chi connectivity index (χ2n) is 1.74. The van der Waals surface area contributed by atoms with Crippen LogP contribution in [0.2, 0.25) is 4.34 Å². The lowest BCUT2D eigenvalue weighted by atomic mass is 10.4. The number of nitrogens with zero attached hydrogens (tertiary/aromatic N) is 1. The van der Waals surface area contributed by atoms with Crippen molar-refractivity contribution < 1.29 is 0 Å². The van der Waals surface area contributed by atoms with Gasteiger partial charge in [0.05, 0.1) is 21.7 Å². The lowest BCUT2D eigenvalue weighted by molar-refractivity contribution is 1.40. The molecule has 0 unspecified atom stereocenters. The predicted molar refractivity (Wildman–Crippen MR) is 46.4 cm³/mol. The van der Waals surface area contributed by atoms with Crippen LogP contribution in [0.5, 0.6) is 0 Å². The molecule has 54 valence electrons. The largest absolute Gasteiger partial charge is 0.197 e. The number of thiophene rings is 1. The highest BCUT2D eigenvalue weighted by molar-refractivity contribution is 7.16. The fourth-order valence-corrected chi connectivity index (χ4v) is 1.47. The van der Waals surface area contributed by atoms with Crippen molar-refractivity contribution in [2.45, 2.75) is 6.42 Å². The third-order valence-corrected chi connectivity index (χ3v) is 2.10. The van der Waals surface area contributed by atoms with Gasteiger partial charge in [-0.1, -0.05) is 23.4 Å². The molecular weight excluding hydrogens is 178 g/mol. The number of hydrogen-bond donors (Lipinski definition) is 0. The Kier molecular flexibility index (Phi) is 2.98. The van der Waals surface area contributed by atoms with Gasteiger partial charge in [0.1, 0.15) is 0 Å². The van der Waals surface area contributed by atoms with Crippen molar-refractivity contribution in [3.63, 3.8) is 0 Å². The van der Waals surface area contributed by atoms with Crippen molar-refractivity contribution >= 4 is 22.9 Å². The summed E-state index contributed by atoms with van der Waals surface area (Å²) >= 11 is 7.08. The van der Waals surface area contributed by atoms with Crippen LogP contribution in [0, 0.1) is 23.2 Å². The first-order chi connectivity index (χ1) is 5.33. The van der Waals surface area contributed by atoms with E-state index < -0.39 is 0 Å². The van der Waals surface area contributed by atoms with Gasteiger partial charge in [0.2, 0.25) is 0 Å². The molecule has 0 aliphatic carbocycles. The monoisotopic (exact) mass is 181 g/mol. The minimum Gasteiger partial charge on any atom is -0.197 e. The van der Waals surface area contributed by atoms with Gasteiger partial charge in [-0.05, 0) is 12.1 Å². The standard InChI is InChI=1S/C8H4ClNS/c9-8-5-4-7(11-8)3-1-2-6-10/h4-5H,2H2. The third kappa shape index (κ3) is 2.63. The molecule has 0 N–H and O–H groups in total. The van der Waals surface area contributed by atoms with Crippen molar-refractivity contribution in [3.05, 3.63) is 21.3 Å². The molecule has 1 rings (SSSR count). The second-order valence-corrected chi connectivity index (χ2v) is 3.46. The van der Waals surface area contributed by atoms with Gasteiger partial charge in [-0.15, -0.1) is 11.3 Å². The van der Waals surface area contributed by atoms with E-state index in [1.807, 2.05) is 12.1 Å². The van der Waals surface area contributed by atoms with Crippen LogP contribution in [0.1, 0.15) is 11.3 Å². The van der Waals surface area contributed by atoms with Crippen LogP contribution < -0.4 is 0 Å². The Morgan fingerprint density at radius 2 is 2.36 bits per heavy atom. The molecule has 0 saturated carbocycles. The van der Waals surface area contributed by atoms with E-state index in [1.54, 1.807) is 6.07 Å². The predicted octanol–water partition coefficient (Wildman–Crippen LogP) is 2.67. The van der Waals surface area contributed by atoms with Gasteiger partial charge < -0.3 is 0 Å². The maximum atomic E-state index is 8.17. The summed E-state index contributed by atoms with van der Waals surface area (Å²) in [7, 11) is 0. The number of halogens is 1. The summed E-state index contributed by atoms with van der Waals surface area (Å²) in [5.41, 5.74) is 0. The van der Waals surface area contributed by atoms with Crippen LogP contribution in [-0.4, -0.2) is 0 Å². The van der Waals surface area contributed by atoms with Gasteiger partial charge in [-0.2, -0.15) is 5.26 Å². The van der Waals surface area contributed by atoms with Gasteiger partial charge in [0, 0.05) is 0 Å². The molecular formula is C8H4ClNS. The maximum absolute atomic E-state index is 8.17. The Balaban J connectivity index is 2.68. The van der Waals surface area contributed by atoms with E-state index in [1.165, 1.54) is 11.3 Å². The molecule has 0 spiro atoms. The molecule has 0 atom stereocenters. The number of hydrogen-bond acceptors (Lipinski definition) is 2. The van der Waals surface area contributed by atoms with E-state index in [9.17, 15) is 0 Å². The van der Waals surface area contributed by atoms with E-state index in [2.05, 4.69) is 11.8 Å². The lowest BCUT2D eigenvalue weighted by Gasteiger charge is -1.73. The molecule has 1 heterocycles. The van der Waals surface area contributed by atoms with E-state index >= 15 is 0 Å². The second kappa shape index (κ2) is 4.03. The topological polar surface area (TPSA) is 23.8 Å². The Hall–Kier alpha value is -0.960. The summed E-state index contributed by atoms with van der Waals surface area (Å²) < 4.78 is 0.728. The van der Waals surface area contributed by atoms with Gasteiger partial charge in [0.25, 0.3) is 0 Å². The van der Waals surface area contributed by atoms with Gasteiger partial charge in [-0.25, -0.2) is 0 Å². The molecule has 0 amide bonds. The van der Waals surface area contributed by atoms with E-state index in [0.717, 1.165) is 9.21 Å². The van der Waals surface area contributed by atoms with Gasteiger partial charge in [0.15, 0.2) is 0 Å². The zero-order chi connectivity index (χ0) is 8.10. The van der Waals surface area contributed by atoms with Gasteiger partial charge >= 0.3 is 0 Å². The summed E-state index contributed by atoms with van der Waals surface area (Å²) in [6, 6.07) is 5.58. The average molecular weight is 182 g/mol. The molecule has 11 heavy (non-hydrogen) atoms. The Morgan fingerprint density at radius 1 is 1.55 bits per heavy atom.